The minimum atomic E-state index is -5.10. The van der Waals surface area contributed by atoms with Crippen LogP contribution in [0.5, 0.6) is 0 Å². The van der Waals surface area contributed by atoms with E-state index in [-0.39, 0.29) is 66.0 Å². The summed E-state index contributed by atoms with van der Waals surface area (Å²) in [5.41, 5.74) is 2.95. The molecular weight excluding hydrogens is 620 g/mol. The molecule has 13 heteroatoms. The first-order valence-electron chi connectivity index (χ1n) is 15.2. The van der Waals surface area contributed by atoms with Crippen molar-refractivity contribution < 1.29 is 37.0 Å². The van der Waals surface area contributed by atoms with Crippen LogP contribution in [-0.4, -0.2) is 38.2 Å². The molecule has 2 aliphatic heterocycles. The van der Waals surface area contributed by atoms with Crippen LogP contribution in [0.15, 0.2) is 47.3 Å². The maximum atomic E-state index is 15.2. The minimum Gasteiger partial charge on any atom is -0.458 e. The molecule has 47 heavy (non-hydrogen) atoms. The van der Waals surface area contributed by atoms with E-state index in [0.29, 0.717) is 27.6 Å². The van der Waals surface area contributed by atoms with E-state index in [1.165, 1.54) is 28.8 Å². The second kappa shape index (κ2) is 10.4. The minimum absolute atomic E-state index is 0.0627. The molecule has 4 N–H and O–H groups in total. The number of hydrogen-bond donors (Lipinski definition) is 3. The zero-order valence-corrected chi connectivity index (χ0v) is 25.4. The lowest BCUT2D eigenvalue weighted by Crippen LogP contribution is -2.65. The number of esters is 1. The highest BCUT2D eigenvalue weighted by atomic mass is 19.4. The Morgan fingerprint density at radius 1 is 1.17 bits per heavy atom. The number of hydrogen-bond acceptors (Lipinski definition) is 7. The van der Waals surface area contributed by atoms with E-state index < -0.39 is 53.0 Å². The van der Waals surface area contributed by atoms with Crippen molar-refractivity contribution in [3.63, 3.8) is 0 Å². The number of aryl methyl sites for hydroxylation is 1. The predicted octanol–water partition coefficient (Wildman–Crippen LogP) is 4.13. The highest BCUT2D eigenvalue weighted by Crippen LogP contribution is 2.46. The molecule has 2 aromatic heterocycles. The molecule has 0 radical (unpaired) electrons. The Kier molecular flexibility index (Phi) is 6.89. The molecule has 244 valence electrons. The van der Waals surface area contributed by atoms with Gasteiger partial charge in [0.05, 0.1) is 35.1 Å². The SMILES string of the molecule is CC[C@@]1(O)C(=O)OCc2c1cc1n(c2=O)Cc2c-1nc1cc(F)c(C)c3c1c2[C@@H](NC(=O)C(N)(Cc1ccccc1)C(F)(F)F)CC3. The number of aliphatic hydroxyl groups is 1. The van der Waals surface area contributed by atoms with Crippen LogP contribution in [0.25, 0.3) is 22.3 Å². The van der Waals surface area contributed by atoms with Gasteiger partial charge in [-0.3, -0.25) is 9.59 Å². The van der Waals surface area contributed by atoms with Crippen LogP contribution in [0.4, 0.5) is 17.6 Å². The number of fused-ring (bicyclic) bond motifs is 5. The summed E-state index contributed by atoms with van der Waals surface area (Å²) in [6, 6.07) is 9.40. The zero-order chi connectivity index (χ0) is 33.6. The molecule has 0 saturated heterocycles. The van der Waals surface area contributed by atoms with Crippen LogP contribution in [0.2, 0.25) is 0 Å². The van der Waals surface area contributed by atoms with Gasteiger partial charge < -0.3 is 25.5 Å². The fourth-order valence-electron chi connectivity index (χ4n) is 7.21. The fourth-order valence-corrected chi connectivity index (χ4v) is 7.21. The molecule has 2 aromatic carbocycles. The molecule has 4 aromatic rings. The van der Waals surface area contributed by atoms with Gasteiger partial charge >= 0.3 is 12.1 Å². The number of rotatable bonds is 5. The maximum Gasteiger partial charge on any atom is 0.415 e. The number of carbonyl (C=O) groups excluding carboxylic acids is 2. The molecule has 0 bridgehead atoms. The van der Waals surface area contributed by atoms with Crippen LogP contribution in [0.1, 0.15) is 64.8 Å². The summed E-state index contributed by atoms with van der Waals surface area (Å²) < 4.78 is 65.3. The Morgan fingerprint density at radius 2 is 1.89 bits per heavy atom. The zero-order valence-electron chi connectivity index (χ0n) is 25.4. The Bertz CT molecular complexity index is 2080. The van der Waals surface area contributed by atoms with Crippen molar-refractivity contribution in [1.29, 1.82) is 0 Å². The first-order chi connectivity index (χ1) is 22.2. The van der Waals surface area contributed by atoms with E-state index in [4.69, 9.17) is 15.5 Å². The number of carbonyl (C=O) groups is 2. The van der Waals surface area contributed by atoms with Gasteiger partial charge in [-0.1, -0.05) is 37.3 Å². The lowest BCUT2D eigenvalue weighted by molar-refractivity contribution is -0.191. The molecule has 1 unspecified atom stereocenters. The number of cyclic esters (lactones) is 1. The van der Waals surface area contributed by atoms with Crippen LogP contribution < -0.4 is 16.6 Å². The van der Waals surface area contributed by atoms with Crippen molar-refractivity contribution in [2.45, 2.75) is 76.0 Å². The van der Waals surface area contributed by atoms with Gasteiger partial charge in [0.25, 0.3) is 5.56 Å². The molecule has 1 aliphatic carbocycles. The van der Waals surface area contributed by atoms with E-state index in [1.807, 2.05) is 0 Å². The number of aromatic nitrogens is 2. The van der Waals surface area contributed by atoms with Gasteiger partial charge in [0, 0.05) is 29.0 Å². The summed E-state index contributed by atoms with van der Waals surface area (Å²) in [7, 11) is 0. The van der Waals surface area contributed by atoms with Gasteiger partial charge in [-0.2, -0.15) is 13.2 Å². The van der Waals surface area contributed by atoms with Crippen molar-refractivity contribution in [2.24, 2.45) is 5.73 Å². The van der Waals surface area contributed by atoms with E-state index in [2.05, 4.69) is 5.32 Å². The number of nitrogens with one attached hydrogen (secondary N) is 1. The molecule has 0 spiro atoms. The molecular formula is C34H30F4N4O5. The number of benzene rings is 2. The Balaban J connectivity index is 1.40. The molecule has 0 saturated carbocycles. The number of halogens is 4. The first kappa shape index (κ1) is 31.0. The lowest BCUT2D eigenvalue weighted by atomic mass is 9.81. The van der Waals surface area contributed by atoms with Crippen LogP contribution in [-0.2, 0) is 45.9 Å². The molecule has 3 aliphatic rings. The van der Waals surface area contributed by atoms with Crippen molar-refractivity contribution in [3.05, 3.63) is 97.6 Å². The van der Waals surface area contributed by atoms with Crippen LogP contribution in [0.3, 0.4) is 0 Å². The van der Waals surface area contributed by atoms with Crippen LogP contribution in [0, 0.1) is 12.7 Å². The number of nitrogens with two attached hydrogens (primary N) is 1. The van der Waals surface area contributed by atoms with Crippen molar-refractivity contribution in [1.82, 2.24) is 14.9 Å². The molecule has 4 heterocycles. The number of ether oxygens (including phenoxy) is 1. The summed E-state index contributed by atoms with van der Waals surface area (Å²) in [6.45, 7) is 2.76. The summed E-state index contributed by atoms with van der Waals surface area (Å²) >= 11 is 0. The van der Waals surface area contributed by atoms with Gasteiger partial charge in [-0.05, 0) is 54.5 Å². The van der Waals surface area contributed by atoms with Gasteiger partial charge in [0.1, 0.15) is 12.4 Å². The van der Waals surface area contributed by atoms with E-state index >= 15 is 4.39 Å². The van der Waals surface area contributed by atoms with Crippen molar-refractivity contribution >= 4 is 22.8 Å². The monoisotopic (exact) mass is 650 g/mol. The van der Waals surface area contributed by atoms with E-state index in [0.717, 1.165) is 0 Å². The average molecular weight is 651 g/mol. The summed E-state index contributed by atoms with van der Waals surface area (Å²) in [5.74, 6) is -2.85. The quantitative estimate of drug-likeness (QED) is 0.192. The van der Waals surface area contributed by atoms with Gasteiger partial charge in [-0.25, -0.2) is 14.2 Å². The number of pyridine rings is 2. The smallest absolute Gasteiger partial charge is 0.415 e. The third-order valence-electron chi connectivity index (χ3n) is 9.92. The van der Waals surface area contributed by atoms with Crippen molar-refractivity contribution in [2.75, 3.05) is 0 Å². The highest BCUT2D eigenvalue weighted by molar-refractivity contribution is 5.95. The fraction of sp³-hybridized carbons (Fsp3) is 0.353. The largest absolute Gasteiger partial charge is 0.458 e. The maximum absolute atomic E-state index is 15.2. The lowest BCUT2D eigenvalue weighted by Gasteiger charge is -2.35. The molecule has 0 fully saturated rings. The third kappa shape index (κ3) is 4.43. The standard InChI is InChI=1S/C34H30F4N4O5/c1-3-32(46)21-11-25-28-19(14-42(25)29(43)20(21)15-47-31(32)45)27-23(10-9-18-16(2)22(35)12-24(40-28)26(18)27)41-30(44)33(39,34(36,37)38)13-17-7-5-4-6-8-17/h4-8,11-12,23,46H,3,9-10,13-15,39H2,1-2H3,(H,41,44)/t23-,32-,33?/m0/s1. The number of alkyl halides is 3. The second-order valence-corrected chi connectivity index (χ2v) is 12.5. The van der Waals surface area contributed by atoms with Crippen molar-refractivity contribution in [3.8, 4) is 11.4 Å². The number of nitrogens with zero attached hydrogens (tertiary/aromatic N) is 2. The first-order valence-corrected chi connectivity index (χ1v) is 15.2. The molecule has 7 rings (SSSR count). The normalized spacial score (nSPS) is 21.0. The Hall–Kier alpha value is -4.62. The Morgan fingerprint density at radius 3 is 2.57 bits per heavy atom. The molecule has 3 atom stereocenters. The summed E-state index contributed by atoms with van der Waals surface area (Å²) in [6.07, 6.45) is -5.60. The summed E-state index contributed by atoms with van der Waals surface area (Å²) in [4.78, 5) is 44.8. The third-order valence-corrected chi connectivity index (χ3v) is 9.92. The Labute approximate surface area is 265 Å². The van der Waals surface area contributed by atoms with Gasteiger partial charge in [-0.15, -0.1) is 0 Å². The topological polar surface area (TPSA) is 137 Å². The van der Waals surface area contributed by atoms with E-state index in [1.54, 1.807) is 32.0 Å². The molecule has 1 amide bonds. The number of amides is 1. The highest BCUT2D eigenvalue weighted by Gasteiger charge is 2.58. The van der Waals surface area contributed by atoms with Crippen LogP contribution >= 0.6 is 0 Å². The van der Waals surface area contributed by atoms with E-state index in [9.17, 15) is 32.7 Å². The predicted molar refractivity (Wildman–Crippen MR) is 162 cm³/mol. The average Bonchev–Trinajstić information content (AvgIpc) is 3.40. The van der Waals surface area contributed by atoms with Gasteiger partial charge in [0.2, 0.25) is 5.91 Å². The second-order valence-electron chi connectivity index (χ2n) is 12.5. The summed E-state index contributed by atoms with van der Waals surface area (Å²) in [5, 5.41) is 14.3. The van der Waals surface area contributed by atoms with Gasteiger partial charge in [0.15, 0.2) is 11.1 Å². The molecule has 9 nitrogen and oxygen atoms in total.